The molecule has 66 valence electrons. The van der Waals surface area contributed by atoms with Gasteiger partial charge in [0.1, 0.15) is 0 Å². The Morgan fingerprint density at radius 3 is 2.75 bits per heavy atom. The Balaban J connectivity index is 2.86. The van der Waals surface area contributed by atoms with Crippen molar-refractivity contribution in [3.05, 3.63) is 18.2 Å². The van der Waals surface area contributed by atoms with Gasteiger partial charge in [-0.3, -0.25) is 0 Å². The second kappa shape index (κ2) is 4.26. The second-order valence-electron chi connectivity index (χ2n) is 2.27. The van der Waals surface area contributed by atoms with Crippen LogP contribution in [0.4, 0.5) is 0 Å². The quantitative estimate of drug-likeness (QED) is 0.732. The monoisotopic (exact) mass is 184 g/mol. The lowest BCUT2D eigenvalue weighted by molar-refractivity contribution is 0.372. The third-order valence-corrected chi connectivity index (χ3v) is 2.34. The van der Waals surface area contributed by atoms with Crippen molar-refractivity contribution < 1.29 is 9.84 Å². The van der Waals surface area contributed by atoms with Crippen molar-refractivity contribution in [1.29, 1.82) is 0 Å². The highest BCUT2D eigenvalue weighted by Crippen LogP contribution is 2.30. The molecule has 1 N–H and O–H groups in total. The van der Waals surface area contributed by atoms with E-state index in [-0.39, 0.29) is 5.75 Å². The predicted octanol–water partition coefficient (Wildman–Crippen LogP) is 2.51. The van der Waals surface area contributed by atoms with Gasteiger partial charge in [0, 0.05) is 4.90 Å². The number of hydrogen-bond acceptors (Lipinski definition) is 3. The van der Waals surface area contributed by atoms with Gasteiger partial charge in [-0.15, -0.1) is 11.8 Å². The van der Waals surface area contributed by atoms with E-state index in [1.165, 1.54) is 0 Å². The topological polar surface area (TPSA) is 29.5 Å². The SMILES string of the molecule is CCSc1ccc(OC)c(O)c1. The molecule has 0 aliphatic rings. The number of benzene rings is 1. The van der Waals surface area contributed by atoms with E-state index in [1.54, 1.807) is 31.0 Å². The molecule has 0 aliphatic carbocycles. The highest BCUT2D eigenvalue weighted by molar-refractivity contribution is 7.99. The third-order valence-electron chi connectivity index (χ3n) is 1.46. The van der Waals surface area contributed by atoms with Crippen molar-refractivity contribution in [2.24, 2.45) is 0 Å². The molecular weight excluding hydrogens is 172 g/mol. The van der Waals surface area contributed by atoms with Crippen LogP contribution in [-0.4, -0.2) is 18.0 Å². The third kappa shape index (κ3) is 2.08. The van der Waals surface area contributed by atoms with E-state index >= 15 is 0 Å². The first-order chi connectivity index (χ1) is 5.77. The average Bonchev–Trinajstić information content (AvgIpc) is 2.05. The number of phenolic OH excluding ortho intramolecular Hbond substituents is 1. The van der Waals surface area contributed by atoms with E-state index in [1.807, 2.05) is 6.07 Å². The maximum atomic E-state index is 9.38. The summed E-state index contributed by atoms with van der Waals surface area (Å²) in [4.78, 5) is 1.07. The van der Waals surface area contributed by atoms with E-state index in [9.17, 15) is 5.11 Å². The minimum absolute atomic E-state index is 0.205. The maximum absolute atomic E-state index is 9.38. The highest BCUT2D eigenvalue weighted by atomic mass is 32.2. The Hall–Kier alpha value is -0.830. The van der Waals surface area contributed by atoms with Gasteiger partial charge in [0.05, 0.1) is 7.11 Å². The van der Waals surface area contributed by atoms with Crippen molar-refractivity contribution in [2.75, 3.05) is 12.9 Å². The van der Waals surface area contributed by atoms with Crippen LogP contribution in [0.5, 0.6) is 11.5 Å². The molecule has 0 spiro atoms. The Labute approximate surface area is 76.6 Å². The zero-order chi connectivity index (χ0) is 8.97. The predicted molar refractivity (Wildman–Crippen MR) is 51.1 cm³/mol. The molecule has 0 bridgehead atoms. The lowest BCUT2D eigenvalue weighted by Gasteiger charge is -2.04. The van der Waals surface area contributed by atoms with Crippen molar-refractivity contribution in [2.45, 2.75) is 11.8 Å². The van der Waals surface area contributed by atoms with E-state index in [0.717, 1.165) is 10.6 Å². The summed E-state index contributed by atoms with van der Waals surface area (Å²) in [7, 11) is 1.54. The van der Waals surface area contributed by atoms with Crippen molar-refractivity contribution in [3.63, 3.8) is 0 Å². The number of rotatable bonds is 3. The molecule has 2 nitrogen and oxygen atoms in total. The number of ether oxygens (including phenoxy) is 1. The maximum Gasteiger partial charge on any atom is 0.160 e. The molecule has 1 aromatic carbocycles. The minimum atomic E-state index is 0.205. The van der Waals surface area contributed by atoms with Crippen LogP contribution in [0.2, 0.25) is 0 Å². The molecule has 12 heavy (non-hydrogen) atoms. The molecule has 0 aromatic heterocycles. The molecule has 0 aliphatic heterocycles. The molecule has 3 heteroatoms. The summed E-state index contributed by atoms with van der Waals surface area (Å²) < 4.78 is 4.92. The van der Waals surface area contributed by atoms with Crippen LogP contribution >= 0.6 is 11.8 Å². The number of aromatic hydroxyl groups is 1. The Morgan fingerprint density at radius 1 is 1.50 bits per heavy atom. The fourth-order valence-electron chi connectivity index (χ4n) is 0.926. The summed E-state index contributed by atoms with van der Waals surface area (Å²) in [6.45, 7) is 2.08. The smallest absolute Gasteiger partial charge is 0.160 e. The van der Waals surface area contributed by atoms with Gasteiger partial charge >= 0.3 is 0 Å². The van der Waals surface area contributed by atoms with E-state index < -0.39 is 0 Å². The van der Waals surface area contributed by atoms with Gasteiger partial charge in [-0.25, -0.2) is 0 Å². The Bertz CT molecular complexity index is 261. The molecule has 0 amide bonds. The first-order valence-electron chi connectivity index (χ1n) is 3.77. The number of hydrogen-bond donors (Lipinski definition) is 1. The molecular formula is C9H12O2S. The van der Waals surface area contributed by atoms with Gasteiger partial charge in [0.2, 0.25) is 0 Å². The van der Waals surface area contributed by atoms with Gasteiger partial charge in [-0.05, 0) is 24.0 Å². The molecule has 0 saturated heterocycles. The van der Waals surface area contributed by atoms with Crippen LogP contribution in [-0.2, 0) is 0 Å². The van der Waals surface area contributed by atoms with Gasteiger partial charge in [0.25, 0.3) is 0 Å². The summed E-state index contributed by atoms with van der Waals surface area (Å²) >= 11 is 1.69. The molecule has 0 heterocycles. The fraction of sp³-hybridized carbons (Fsp3) is 0.333. The fourth-order valence-corrected chi connectivity index (χ4v) is 1.62. The lowest BCUT2D eigenvalue weighted by Crippen LogP contribution is -1.83. The van der Waals surface area contributed by atoms with Crippen LogP contribution in [0.15, 0.2) is 23.1 Å². The molecule has 0 atom stereocenters. The van der Waals surface area contributed by atoms with Crippen molar-refractivity contribution >= 4 is 11.8 Å². The standard InChI is InChI=1S/C9H12O2S/c1-3-12-7-4-5-9(11-2)8(10)6-7/h4-6,10H,3H2,1-2H3. The normalized spacial score (nSPS) is 9.83. The first-order valence-corrected chi connectivity index (χ1v) is 4.76. The molecule has 0 fully saturated rings. The van der Waals surface area contributed by atoms with Crippen LogP contribution in [0.25, 0.3) is 0 Å². The zero-order valence-electron chi connectivity index (χ0n) is 7.20. The molecule has 0 unspecified atom stereocenters. The summed E-state index contributed by atoms with van der Waals surface area (Å²) in [6, 6.07) is 5.42. The Morgan fingerprint density at radius 2 is 2.25 bits per heavy atom. The zero-order valence-corrected chi connectivity index (χ0v) is 8.02. The summed E-state index contributed by atoms with van der Waals surface area (Å²) in [6.07, 6.45) is 0. The molecule has 0 radical (unpaired) electrons. The molecule has 1 aromatic rings. The minimum Gasteiger partial charge on any atom is -0.504 e. The van der Waals surface area contributed by atoms with Gasteiger partial charge in [-0.1, -0.05) is 6.92 Å². The molecule has 1 rings (SSSR count). The van der Waals surface area contributed by atoms with Crippen LogP contribution in [0, 0.1) is 0 Å². The largest absolute Gasteiger partial charge is 0.504 e. The highest BCUT2D eigenvalue weighted by Gasteiger charge is 2.01. The van der Waals surface area contributed by atoms with Crippen LogP contribution in [0.3, 0.4) is 0 Å². The van der Waals surface area contributed by atoms with Crippen LogP contribution in [0.1, 0.15) is 6.92 Å². The molecule has 0 saturated carbocycles. The Kier molecular flexibility index (Phi) is 3.29. The van der Waals surface area contributed by atoms with Crippen LogP contribution < -0.4 is 4.74 Å². The van der Waals surface area contributed by atoms with Gasteiger partial charge in [0.15, 0.2) is 11.5 Å². The van der Waals surface area contributed by atoms with E-state index in [0.29, 0.717) is 5.75 Å². The number of thioether (sulfide) groups is 1. The summed E-state index contributed by atoms with van der Waals surface area (Å²) in [5, 5.41) is 9.38. The average molecular weight is 184 g/mol. The van der Waals surface area contributed by atoms with Crippen molar-refractivity contribution in [3.8, 4) is 11.5 Å². The number of methoxy groups -OCH3 is 1. The summed E-state index contributed by atoms with van der Waals surface area (Å²) in [5.74, 6) is 1.73. The van der Waals surface area contributed by atoms with Gasteiger partial charge in [-0.2, -0.15) is 0 Å². The lowest BCUT2D eigenvalue weighted by atomic mass is 10.3. The van der Waals surface area contributed by atoms with Gasteiger partial charge < -0.3 is 9.84 Å². The first kappa shape index (κ1) is 9.26. The number of phenols is 1. The van der Waals surface area contributed by atoms with Crippen molar-refractivity contribution in [1.82, 2.24) is 0 Å². The second-order valence-corrected chi connectivity index (χ2v) is 3.60. The van der Waals surface area contributed by atoms with E-state index in [2.05, 4.69) is 6.92 Å². The van der Waals surface area contributed by atoms with E-state index in [4.69, 9.17) is 4.74 Å². The summed E-state index contributed by atoms with van der Waals surface area (Å²) in [5.41, 5.74) is 0.